The van der Waals surface area contributed by atoms with E-state index in [4.69, 9.17) is 0 Å². The van der Waals surface area contributed by atoms with Crippen LogP contribution in [0.15, 0.2) is 42.6 Å². The van der Waals surface area contributed by atoms with Crippen molar-refractivity contribution < 1.29 is 9.90 Å². The van der Waals surface area contributed by atoms with Gasteiger partial charge in [-0.3, -0.25) is 9.78 Å². The van der Waals surface area contributed by atoms with Gasteiger partial charge in [0.25, 0.3) is 5.91 Å². The van der Waals surface area contributed by atoms with Gasteiger partial charge in [-0.05, 0) is 43.9 Å². The SMILES string of the molecule is Cc1cccc(CN2CCC[C@](O)(CNCCc3ncccc3C)C2=O)c1. The van der Waals surface area contributed by atoms with E-state index in [0.717, 1.165) is 29.7 Å². The summed E-state index contributed by atoms with van der Waals surface area (Å²) in [4.78, 5) is 19.0. The van der Waals surface area contributed by atoms with Gasteiger partial charge in [-0.2, -0.15) is 0 Å². The second-order valence-electron chi connectivity index (χ2n) is 7.54. The minimum Gasteiger partial charge on any atom is -0.379 e. The van der Waals surface area contributed by atoms with Crippen LogP contribution in [0.4, 0.5) is 0 Å². The molecule has 27 heavy (non-hydrogen) atoms. The van der Waals surface area contributed by atoms with E-state index >= 15 is 0 Å². The third kappa shape index (κ3) is 4.93. The van der Waals surface area contributed by atoms with Crippen LogP contribution in [0.1, 0.15) is 35.2 Å². The number of aliphatic hydroxyl groups is 1. The van der Waals surface area contributed by atoms with Crippen molar-refractivity contribution in [2.75, 3.05) is 19.6 Å². The zero-order valence-corrected chi connectivity index (χ0v) is 16.2. The van der Waals surface area contributed by atoms with E-state index < -0.39 is 5.60 Å². The lowest BCUT2D eigenvalue weighted by Gasteiger charge is -2.38. The highest BCUT2D eigenvalue weighted by Gasteiger charge is 2.41. The van der Waals surface area contributed by atoms with Crippen molar-refractivity contribution in [1.82, 2.24) is 15.2 Å². The lowest BCUT2D eigenvalue weighted by molar-refractivity contribution is -0.157. The van der Waals surface area contributed by atoms with E-state index in [-0.39, 0.29) is 12.5 Å². The van der Waals surface area contributed by atoms with Gasteiger partial charge in [0, 0.05) is 44.5 Å². The highest BCUT2D eigenvalue weighted by atomic mass is 16.3. The van der Waals surface area contributed by atoms with Gasteiger partial charge in [-0.25, -0.2) is 0 Å². The molecular formula is C22H29N3O2. The molecule has 1 atom stereocenters. The van der Waals surface area contributed by atoms with Gasteiger partial charge in [-0.15, -0.1) is 0 Å². The molecule has 144 valence electrons. The first kappa shape index (κ1) is 19.5. The second kappa shape index (κ2) is 8.63. The lowest BCUT2D eigenvalue weighted by Crippen LogP contribution is -2.57. The van der Waals surface area contributed by atoms with Gasteiger partial charge in [0.05, 0.1) is 0 Å². The standard InChI is InChI=1S/C22H29N3O2/c1-17-6-3-8-19(14-17)15-25-13-5-10-22(27,21(25)26)16-23-12-9-20-18(2)7-4-11-24-20/h3-4,6-8,11,14,23,27H,5,9-10,12-13,15-16H2,1-2H3/t22-/m0/s1. The third-order valence-electron chi connectivity index (χ3n) is 5.23. The number of aromatic nitrogens is 1. The van der Waals surface area contributed by atoms with Crippen LogP contribution in [0.2, 0.25) is 0 Å². The number of likely N-dealkylation sites (tertiary alicyclic amines) is 1. The molecule has 1 aromatic carbocycles. The molecule has 2 heterocycles. The summed E-state index contributed by atoms with van der Waals surface area (Å²) in [6.07, 6.45) is 3.90. The number of benzene rings is 1. The maximum Gasteiger partial charge on any atom is 0.256 e. The zero-order valence-electron chi connectivity index (χ0n) is 16.2. The van der Waals surface area contributed by atoms with Crippen LogP contribution in [0.25, 0.3) is 0 Å². The molecule has 5 heteroatoms. The summed E-state index contributed by atoms with van der Waals surface area (Å²) in [5.41, 5.74) is 3.18. The molecule has 1 amide bonds. The predicted molar refractivity (Wildman–Crippen MR) is 106 cm³/mol. The van der Waals surface area contributed by atoms with Crippen LogP contribution >= 0.6 is 0 Å². The summed E-state index contributed by atoms with van der Waals surface area (Å²) >= 11 is 0. The lowest BCUT2D eigenvalue weighted by atomic mass is 9.91. The van der Waals surface area contributed by atoms with Crippen molar-refractivity contribution in [3.05, 3.63) is 65.0 Å². The van der Waals surface area contributed by atoms with Crippen LogP contribution in [-0.2, 0) is 17.8 Å². The van der Waals surface area contributed by atoms with Crippen molar-refractivity contribution in [2.45, 2.75) is 45.3 Å². The largest absolute Gasteiger partial charge is 0.379 e. The molecule has 2 aromatic rings. The number of pyridine rings is 1. The third-order valence-corrected chi connectivity index (χ3v) is 5.23. The summed E-state index contributed by atoms with van der Waals surface area (Å²) in [5.74, 6) is -0.170. The zero-order chi connectivity index (χ0) is 19.3. The summed E-state index contributed by atoms with van der Waals surface area (Å²) in [6.45, 7) is 6.31. The Bertz CT molecular complexity index is 793. The summed E-state index contributed by atoms with van der Waals surface area (Å²) in [6, 6.07) is 12.1. The number of hydrogen-bond acceptors (Lipinski definition) is 4. The number of carbonyl (C=O) groups excluding carboxylic acids is 1. The van der Waals surface area contributed by atoms with Gasteiger partial charge in [-0.1, -0.05) is 35.9 Å². The van der Waals surface area contributed by atoms with Crippen LogP contribution in [0, 0.1) is 13.8 Å². The molecule has 1 aliphatic rings. The van der Waals surface area contributed by atoms with Crippen molar-refractivity contribution >= 4 is 5.91 Å². The maximum atomic E-state index is 12.9. The minimum atomic E-state index is -1.32. The Hall–Kier alpha value is -2.24. The molecule has 1 aromatic heterocycles. The maximum absolute atomic E-state index is 12.9. The highest BCUT2D eigenvalue weighted by Crippen LogP contribution is 2.24. The number of piperidine rings is 1. The monoisotopic (exact) mass is 367 g/mol. The molecule has 0 spiro atoms. The number of hydrogen-bond donors (Lipinski definition) is 2. The van der Waals surface area contributed by atoms with Crippen LogP contribution in [0.3, 0.4) is 0 Å². The number of amides is 1. The number of aryl methyl sites for hydroxylation is 2. The normalized spacial score (nSPS) is 20.1. The number of nitrogens with zero attached hydrogens (tertiary/aromatic N) is 2. The molecule has 0 aliphatic carbocycles. The molecule has 2 N–H and O–H groups in total. The fourth-order valence-corrected chi connectivity index (χ4v) is 3.69. The molecule has 1 saturated heterocycles. The second-order valence-corrected chi connectivity index (χ2v) is 7.54. The Kier molecular flexibility index (Phi) is 6.24. The van der Waals surface area contributed by atoms with E-state index in [2.05, 4.69) is 16.4 Å². The molecule has 5 nitrogen and oxygen atoms in total. The molecule has 1 fully saturated rings. The number of carbonyl (C=O) groups is 1. The fraction of sp³-hybridized carbons (Fsp3) is 0.455. The smallest absolute Gasteiger partial charge is 0.256 e. The Morgan fingerprint density at radius 3 is 2.89 bits per heavy atom. The van der Waals surface area contributed by atoms with Gasteiger partial charge < -0.3 is 15.3 Å². The van der Waals surface area contributed by atoms with Crippen molar-refractivity contribution in [3.8, 4) is 0 Å². The predicted octanol–water partition coefficient (Wildman–Crippen LogP) is 2.38. The van der Waals surface area contributed by atoms with E-state index in [1.54, 1.807) is 11.1 Å². The van der Waals surface area contributed by atoms with Crippen molar-refractivity contribution in [2.24, 2.45) is 0 Å². The fourth-order valence-electron chi connectivity index (χ4n) is 3.69. The van der Waals surface area contributed by atoms with Gasteiger partial charge in [0.2, 0.25) is 0 Å². The van der Waals surface area contributed by atoms with Crippen LogP contribution in [0.5, 0.6) is 0 Å². The molecule has 0 unspecified atom stereocenters. The minimum absolute atomic E-state index is 0.170. The van der Waals surface area contributed by atoms with E-state index in [0.29, 0.717) is 26.1 Å². The summed E-state index contributed by atoms with van der Waals surface area (Å²) in [7, 11) is 0. The molecule has 3 rings (SSSR count). The highest BCUT2D eigenvalue weighted by molar-refractivity contribution is 5.86. The van der Waals surface area contributed by atoms with Crippen molar-refractivity contribution in [3.63, 3.8) is 0 Å². The van der Waals surface area contributed by atoms with Crippen molar-refractivity contribution in [1.29, 1.82) is 0 Å². The van der Waals surface area contributed by atoms with E-state index in [9.17, 15) is 9.90 Å². The van der Waals surface area contributed by atoms with Gasteiger partial charge in [0.15, 0.2) is 5.60 Å². The first-order chi connectivity index (χ1) is 13.0. The summed E-state index contributed by atoms with van der Waals surface area (Å²) in [5, 5.41) is 14.2. The molecule has 1 aliphatic heterocycles. The van der Waals surface area contributed by atoms with Crippen LogP contribution in [-0.4, -0.2) is 46.1 Å². The van der Waals surface area contributed by atoms with Crippen LogP contribution < -0.4 is 5.32 Å². The first-order valence-corrected chi connectivity index (χ1v) is 9.66. The Labute approximate surface area is 161 Å². The van der Waals surface area contributed by atoms with E-state index in [1.807, 2.05) is 44.2 Å². The number of nitrogens with one attached hydrogen (secondary N) is 1. The average Bonchev–Trinajstić information content (AvgIpc) is 2.64. The quantitative estimate of drug-likeness (QED) is 0.738. The first-order valence-electron chi connectivity index (χ1n) is 9.66. The summed E-state index contributed by atoms with van der Waals surface area (Å²) < 4.78 is 0. The topological polar surface area (TPSA) is 65.5 Å². The Morgan fingerprint density at radius 2 is 2.11 bits per heavy atom. The molecule has 0 radical (unpaired) electrons. The Morgan fingerprint density at radius 1 is 1.26 bits per heavy atom. The number of rotatable bonds is 7. The van der Waals surface area contributed by atoms with Gasteiger partial charge >= 0.3 is 0 Å². The average molecular weight is 367 g/mol. The van der Waals surface area contributed by atoms with Gasteiger partial charge in [0.1, 0.15) is 0 Å². The molecular weight excluding hydrogens is 338 g/mol. The van der Waals surface area contributed by atoms with E-state index in [1.165, 1.54) is 5.56 Å². The molecule has 0 saturated carbocycles. The Balaban J connectivity index is 1.54. The molecule has 0 bridgehead atoms.